The second-order valence-electron chi connectivity index (χ2n) is 5.61. The van der Waals surface area contributed by atoms with Gasteiger partial charge in [0, 0.05) is 5.56 Å². The standard InChI is InChI=1S/C19H18N2O2S/c1-13-8-10-16(11-9-13)18(22)14(2)24-19-21-20-17(23-19)12-15-6-4-3-5-7-15/h3-11,14H,12H2,1-2H3/t14-/m1/s1. The molecule has 5 heteroatoms. The molecular weight excluding hydrogens is 320 g/mol. The van der Waals surface area contributed by atoms with Crippen LogP contribution in [0.3, 0.4) is 0 Å². The fraction of sp³-hybridized carbons (Fsp3) is 0.211. The van der Waals surface area contributed by atoms with Crippen LogP contribution < -0.4 is 0 Å². The minimum Gasteiger partial charge on any atom is -0.416 e. The Kier molecular flexibility index (Phi) is 5.11. The van der Waals surface area contributed by atoms with Crippen LogP contribution in [-0.4, -0.2) is 21.2 Å². The smallest absolute Gasteiger partial charge is 0.277 e. The van der Waals surface area contributed by atoms with Crippen LogP contribution in [0.4, 0.5) is 0 Å². The third-order valence-electron chi connectivity index (χ3n) is 3.63. The van der Waals surface area contributed by atoms with Crippen LogP contribution >= 0.6 is 11.8 Å². The highest BCUT2D eigenvalue weighted by Gasteiger charge is 2.19. The quantitative estimate of drug-likeness (QED) is 0.494. The molecule has 0 radical (unpaired) electrons. The highest BCUT2D eigenvalue weighted by molar-refractivity contribution is 8.00. The van der Waals surface area contributed by atoms with E-state index in [-0.39, 0.29) is 11.0 Å². The van der Waals surface area contributed by atoms with E-state index in [1.807, 2.05) is 68.4 Å². The lowest BCUT2D eigenvalue weighted by Gasteiger charge is -2.07. The van der Waals surface area contributed by atoms with Gasteiger partial charge in [-0.05, 0) is 19.4 Å². The van der Waals surface area contributed by atoms with Gasteiger partial charge in [-0.25, -0.2) is 0 Å². The van der Waals surface area contributed by atoms with Crippen LogP contribution in [0, 0.1) is 6.92 Å². The summed E-state index contributed by atoms with van der Waals surface area (Å²) in [4.78, 5) is 12.4. The average molecular weight is 338 g/mol. The molecule has 1 aromatic heterocycles. The topological polar surface area (TPSA) is 56.0 Å². The van der Waals surface area contributed by atoms with Gasteiger partial charge in [-0.3, -0.25) is 4.79 Å². The van der Waals surface area contributed by atoms with Crippen molar-refractivity contribution in [3.05, 3.63) is 77.2 Å². The van der Waals surface area contributed by atoms with Crippen molar-refractivity contribution in [2.45, 2.75) is 30.7 Å². The van der Waals surface area contributed by atoms with Crippen molar-refractivity contribution in [2.24, 2.45) is 0 Å². The van der Waals surface area contributed by atoms with Gasteiger partial charge in [-0.15, -0.1) is 10.2 Å². The average Bonchev–Trinajstić information content (AvgIpc) is 3.02. The Hall–Kier alpha value is -2.40. The first-order valence-corrected chi connectivity index (χ1v) is 8.63. The number of aryl methyl sites for hydroxylation is 1. The third-order valence-corrected chi connectivity index (χ3v) is 4.56. The SMILES string of the molecule is Cc1ccc(C(=O)[C@@H](C)Sc2nnc(Cc3ccccc3)o2)cc1. The Balaban J connectivity index is 1.63. The molecule has 0 aliphatic carbocycles. The lowest BCUT2D eigenvalue weighted by atomic mass is 10.1. The van der Waals surface area contributed by atoms with Crippen LogP contribution in [0.2, 0.25) is 0 Å². The van der Waals surface area contributed by atoms with Gasteiger partial charge >= 0.3 is 0 Å². The summed E-state index contributed by atoms with van der Waals surface area (Å²) in [5.41, 5.74) is 2.94. The molecule has 0 amide bonds. The second kappa shape index (κ2) is 7.45. The predicted molar refractivity (Wildman–Crippen MR) is 94.4 cm³/mol. The van der Waals surface area contributed by atoms with E-state index < -0.39 is 0 Å². The van der Waals surface area contributed by atoms with Gasteiger partial charge < -0.3 is 4.42 Å². The Morgan fingerprint density at radius 2 is 1.79 bits per heavy atom. The van der Waals surface area contributed by atoms with Crippen molar-refractivity contribution in [1.29, 1.82) is 0 Å². The normalized spacial score (nSPS) is 12.1. The van der Waals surface area contributed by atoms with Crippen molar-refractivity contribution in [2.75, 3.05) is 0 Å². The largest absolute Gasteiger partial charge is 0.416 e. The monoisotopic (exact) mass is 338 g/mol. The zero-order valence-electron chi connectivity index (χ0n) is 13.6. The van der Waals surface area contributed by atoms with Crippen LogP contribution in [0.25, 0.3) is 0 Å². The zero-order valence-corrected chi connectivity index (χ0v) is 14.4. The minimum absolute atomic E-state index is 0.0582. The Morgan fingerprint density at radius 3 is 2.50 bits per heavy atom. The number of thioether (sulfide) groups is 1. The van der Waals surface area contributed by atoms with E-state index in [2.05, 4.69) is 10.2 Å². The van der Waals surface area contributed by atoms with E-state index in [4.69, 9.17) is 4.42 Å². The van der Waals surface area contributed by atoms with Gasteiger partial charge in [0.05, 0.1) is 11.7 Å². The molecule has 0 N–H and O–H groups in total. The second-order valence-corrected chi connectivity index (χ2v) is 6.91. The first-order chi connectivity index (χ1) is 11.6. The van der Waals surface area contributed by atoms with Crippen molar-refractivity contribution >= 4 is 17.5 Å². The summed E-state index contributed by atoms with van der Waals surface area (Å²) in [5.74, 6) is 0.612. The van der Waals surface area contributed by atoms with Gasteiger partial charge in [0.25, 0.3) is 5.22 Å². The zero-order chi connectivity index (χ0) is 16.9. The summed E-state index contributed by atoms with van der Waals surface area (Å²) in [6.45, 7) is 3.85. The number of benzene rings is 2. The molecule has 0 aliphatic heterocycles. The van der Waals surface area contributed by atoms with Crippen molar-refractivity contribution in [1.82, 2.24) is 10.2 Å². The van der Waals surface area contributed by atoms with Gasteiger partial charge in [0.1, 0.15) is 0 Å². The minimum atomic E-state index is -0.280. The lowest BCUT2D eigenvalue weighted by molar-refractivity contribution is 0.0993. The van der Waals surface area contributed by atoms with Crippen LogP contribution in [0.1, 0.15) is 34.3 Å². The number of Topliss-reactive ketones (excluding diaryl/α,β-unsaturated/α-hetero) is 1. The highest BCUT2D eigenvalue weighted by atomic mass is 32.2. The fourth-order valence-corrected chi connectivity index (χ4v) is 3.06. The summed E-state index contributed by atoms with van der Waals surface area (Å²) in [5, 5.41) is 8.24. The highest BCUT2D eigenvalue weighted by Crippen LogP contribution is 2.25. The number of hydrogen-bond acceptors (Lipinski definition) is 5. The maximum absolute atomic E-state index is 12.4. The molecule has 1 atom stereocenters. The Morgan fingerprint density at radius 1 is 1.08 bits per heavy atom. The molecule has 0 spiro atoms. The van der Waals surface area contributed by atoms with Crippen LogP contribution in [0.5, 0.6) is 0 Å². The van der Waals surface area contributed by atoms with E-state index >= 15 is 0 Å². The van der Waals surface area contributed by atoms with Crippen molar-refractivity contribution < 1.29 is 9.21 Å². The number of ketones is 1. The summed E-state index contributed by atoms with van der Waals surface area (Å²) >= 11 is 1.29. The van der Waals surface area contributed by atoms with Gasteiger partial charge in [0.2, 0.25) is 5.89 Å². The molecule has 1 heterocycles. The van der Waals surface area contributed by atoms with E-state index in [9.17, 15) is 4.79 Å². The maximum atomic E-state index is 12.4. The number of carbonyl (C=O) groups is 1. The molecule has 0 saturated carbocycles. The van der Waals surface area contributed by atoms with Gasteiger partial charge in [0.15, 0.2) is 5.78 Å². The molecule has 0 aliphatic rings. The molecule has 0 fully saturated rings. The number of hydrogen-bond donors (Lipinski definition) is 0. The first-order valence-electron chi connectivity index (χ1n) is 7.75. The Bertz CT molecular complexity index is 813. The molecule has 0 bridgehead atoms. The molecule has 3 rings (SSSR count). The van der Waals surface area contributed by atoms with Gasteiger partial charge in [-0.2, -0.15) is 0 Å². The van der Waals surface area contributed by atoms with Crippen molar-refractivity contribution in [3.63, 3.8) is 0 Å². The molecule has 0 saturated heterocycles. The summed E-state index contributed by atoms with van der Waals surface area (Å²) < 4.78 is 5.65. The lowest BCUT2D eigenvalue weighted by Crippen LogP contribution is -2.13. The fourth-order valence-electron chi connectivity index (χ4n) is 2.29. The Labute approximate surface area is 145 Å². The predicted octanol–water partition coefficient (Wildman–Crippen LogP) is 4.33. The van der Waals surface area contributed by atoms with E-state index in [0.29, 0.717) is 23.1 Å². The molecule has 0 unspecified atom stereocenters. The summed E-state index contributed by atoms with van der Waals surface area (Å²) in [6.07, 6.45) is 0.592. The third kappa shape index (κ3) is 4.11. The summed E-state index contributed by atoms with van der Waals surface area (Å²) in [7, 11) is 0. The van der Waals surface area contributed by atoms with E-state index in [1.54, 1.807) is 0 Å². The maximum Gasteiger partial charge on any atom is 0.277 e. The number of aromatic nitrogens is 2. The van der Waals surface area contributed by atoms with Crippen LogP contribution in [-0.2, 0) is 6.42 Å². The van der Waals surface area contributed by atoms with Crippen LogP contribution in [0.15, 0.2) is 64.2 Å². The molecule has 2 aromatic carbocycles. The molecule has 24 heavy (non-hydrogen) atoms. The summed E-state index contributed by atoms with van der Waals surface area (Å²) in [6, 6.07) is 17.5. The van der Waals surface area contributed by atoms with Gasteiger partial charge in [-0.1, -0.05) is 71.9 Å². The molecule has 3 aromatic rings. The first kappa shape index (κ1) is 16.5. The van der Waals surface area contributed by atoms with E-state index in [0.717, 1.165) is 11.1 Å². The number of nitrogens with zero attached hydrogens (tertiary/aromatic N) is 2. The number of rotatable bonds is 6. The molecular formula is C19H18N2O2S. The number of carbonyl (C=O) groups excluding carboxylic acids is 1. The molecule has 122 valence electrons. The van der Waals surface area contributed by atoms with Crippen molar-refractivity contribution in [3.8, 4) is 0 Å². The molecule has 4 nitrogen and oxygen atoms in total. The van der Waals surface area contributed by atoms with E-state index in [1.165, 1.54) is 11.8 Å².